The highest BCUT2D eigenvalue weighted by atomic mass is 32.2. The summed E-state index contributed by atoms with van der Waals surface area (Å²) in [4.78, 5) is 43.7. The number of hydrogen-bond donors (Lipinski definition) is 2. The molecular formula is C24H25N3O5S2. The number of aliphatic carboxylic acids is 1. The van der Waals surface area contributed by atoms with Crippen molar-refractivity contribution in [3.05, 3.63) is 53.6 Å². The molecule has 1 aromatic heterocycles. The molecule has 1 aliphatic heterocycles. The van der Waals surface area contributed by atoms with Gasteiger partial charge in [0, 0.05) is 18.8 Å². The van der Waals surface area contributed by atoms with Crippen LogP contribution in [0.3, 0.4) is 0 Å². The molecule has 0 saturated carbocycles. The number of anilines is 1. The SMILES string of the molecule is CCCC(Sc1nc2ccc(NC(=O)c3ccccc3C(=O)N3CCOCC3)cc2s1)C(=O)O. The van der Waals surface area contributed by atoms with E-state index in [1.807, 2.05) is 13.0 Å². The predicted molar refractivity (Wildman–Crippen MR) is 133 cm³/mol. The summed E-state index contributed by atoms with van der Waals surface area (Å²) in [7, 11) is 0. The van der Waals surface area contributed by atoms with Crippen molar-refractivity contribution >= 4 is 56.8 Å². The molecule has 34 heavy (non-hydrogen) atoms. The van der Waals surface area contributed by atoms with Crippen LogP contribution in [0.1, 0.15) is 40.5 Å². The number of morpholine rings is 1. The first-order valence-corrected chi connectivity index (χ1v) is 12.7. The largest absolute Gasteiger partial charge is 0.480 e. The number of thiazole rings is 1. The van der Waals surface area contributed by atoms with Gasteiger partial charge in [0.05, 0.1) is 34.6 Å². The molecule has 178 valence electrons. The van der Waals surface area contributed by atoms with Gasteiger partial charge in [-0.25, -0.2) is 4.98 Å². The number of nitrogens with zero attached hydrogens (tertiary/aromatic N) is 2. The Morgan fingerprint density at radius 1 is 1.18 bits per heavy atom. The summed E-state index contributed by atoms with van der Waals surface area (Å²) in [6.07, 6.45) is 1.35. The molecule has 10 heteroatoms. The van der Waals surface area contributed by atoms with E-state index in [2.05, 4.69) is 10.3 Å². The van der Waals surface area contributed by atoms with Gasteiger partial charge in [-0.1, -0.05) is 37.2 Å². The zero-order chi connectivity index (χ0) is 24.1. The number of aromatic nitrogens is 1. The minimum absolute atomic E-state index is 0.186. The number of ether oxygens (including phenoxy) is 1. The van der Waals surface area contributed by atoms with Gasteiger partial charge in [0.25, 0.3) is 11.8 Å². The lowest BCUT2D eigenvalue weighted by Gasteiger charge is -2.27. The third kappa shape index (κ3) is 5.57. The van der Waals surface area contributed by atoms with Crippen LogP contribution in [-0.2, 0) is 9.53 Å². The van der Waals surface area contributed by atoms with Gasteiger partial charge < -0.3 is 20.1 Å². The summed E-state index contributed by atoms with van der Waals surface area (Å²) in [5, 5.41) is 11.8. The van der Waals surface area contributed by atoms with Crippen molar-refractivity contribution in [3.8, 4) is 0 Å². The zero-order valence-electron chi connectivity index (χ0n) is 18.7. The number of benzene rings is 2. The highest BCUT2D eigenvalue weighted by Crippen LogP contribution is 2.35. The second kappa shape index (κ2) is 11.0. The Bertz CT molecular complexity index is 1210. The molecule has 2 N–H and O–H groups in total. The average Bonchev–Trinajstić information content (AvgIpc) is 3.25. The number of carboxylic acids is 1. The second-order valence-electron chi connectivity index (χ2n) is 7.80. The Balaban J connectivity index is 1.51. The number of fused-ring (bicyclic) bond motifs is 1. The Labute approximate surface area is 205 Å². The van der Waals surface area contributed by atoms with Crippen molar-refractivity contribution < 1.29 is 24.2 Å². The van der Waals surface area contributed by atoms with Gasteiger partial charge in [-0.2, -0.15) is 0 Å². The molecular weight excluding hydrogens is 474 g/mol. The average molecular weight is 500 g/mol. The van der Waals surface area contributed by atoms with Gasteiger partial charge in [-0.15, -0.1) is 11.3 Å². The minimum Gasteiger partial charge on any atom is -0.480 e. The van der Waals surface area contributed by atoms with Crippen molar-refractivity contribution in [2.24, 2.45) is 0 Å². The lowest BCUT2D eigenvalue weighted by atomic mass is 10.0. The molecule has 3 aromatic rings. The van der Waals surface area contributed by atoms with E-state index >= 15 is 0 Å². The molecule has 1 fully saturated rings. The molecule has 8 nitrogen and oxygen atoms in total. The normalized spacial score (nSPS) is 14.7. The van der Waals surface area contributed by atoms with E-state index in [4.69, 9.17) is 4.74 Å². The Morgan fingerprint density at radius 3 is 2.62 bits per heavy atom. The Hall–Kier alpha value is -2.95. The molecule has 1 atom stereocenters. The van der Waals surface area contributed by atoms with Gasteiger partial charge in [0.1, 0.15) is 5.25 Å². The molecule has 2 heterocycles. The smallest absolute Gasteiger partial charge is 0.317 e. The molecule has 1 saturated heterocycles. The topological polar surface area (TPSA) is 109 Å². The maximum atomic E-state index is 13.1. The monoisotopic (exact) mass is 499 g/mol. The standard InChI is InChI=1S/C24H25N3O5S2/c1-2-5-19(23(30)31)33-24-26-18-9-8-15(14-20(18)34-24)25-21(28)16-6-3-4-7-17(16)22(29)27-10-12-32-13-11-27/h3-4,6-9,14,19H,2,5,10-13H2,1H3,(H,25,28)(H,30,31). The molecule has 2 amide bonds. The van der Waals surface area contributed by atoms with Crippen molar-refractivity contribution in [3.63, 3.8) is 0 Å². The van der Waals surface area contributed by atoms with Gasteiger partial charge in [-0.3, -0.25) is 14.4 Å². The van der Waals surface area contributed by atoms with Crippen molar-refractivity contribution in [1.29, 1.82) is 0 Å². The van der Waals surface area contributed by atoms with E-state index in [0.29, 0.717) is 53.9 Å². The molecule has 2 aromatic carbocycles. The zero-order valence-corrected chi connectivity index (χ0v) is 20.3. The van der Waals surface area contributed by atoms with Crippen molar-refractivity contribution in [2.75, 3.05) is 31.6 Å². The number of carbonyl (C=O) groups is 3. The summed E-state index contributed by atoms with van der Waals surface area (Å²) in [6, 6.07) is 12.1. The fraction of sp³-hybridized carbons (Fsp3) is 0.333. The van der Waals surface area contributed by atoms with Crippen LogP contribution >= 0.6 is 23.1 Å². The summed E-state index contributed by atoms with van der Waals surface area (Å²) in [5.74, 6) is -1.40. The maximum Gasteiger partial charge on any atom is 0.317 e. The lowest BCUT2D eigenvalue weighted by molar-refractivity contribution is -0.136. The fourth-order valence-corrected chi connectivity index (χ4v) is 6.05. The van der Waals surface area contributed by atoms with Crippen LogP contribution in [0, 0.1) is 0 Å². The Morgan fingerprint density at radius 2 is 1.91 bits per heavy atom. The third-order valence-electron chi connectivity index (χ3n) is 5.40. The van der Waals surface area contributed by atoms with E-state index in [-0.39, 0.29) is 11.8 Å². The highest BCUT2D eigenvalue weighted by molar-refractivity contribution is 8.02. The quantitative estimate of drug-likeness (QED) is 0.443. The van der Waals surface area contributed by atoms with Crippen molar-refractivity contribution in [1.82, 2.24) is 9.88 Å². The molecule has 0 spiro atoms. The number of amides is 2. The van der Waals surface area contributed by atoms with Gasteiger partial charge in [0.15, 0.2) is 4.34 Å². The van der Waals surface area contributed by atoms with Crippen LogP contribution in [-0.4, -0.2) is 64.3 Å². The number of hydrogen-bond acceptors (Lipinski definition) is 7. The first-order chi connectivity index (χ1) is 16.5. The van der Waals surface area contributed by atoms with Crippen molar-refractivity contribution in [2.45, 2.75) is 29.4 Å². The van der Waals surface area contributed by atoms with E-state index in [0.717, 1.165) is 16.6 Å². The van der Waals surface area contributed by atoms with Crippen LogP contribution in [0.2, 0.25) is 0 Å². The summed E-state index contributed by atoms with van der Waals surface area (Å²) >= 11 is 2.65. The molecule has 0 aliphatic carbocycles. The van der Waals surface area contributed by atoms with Crippen LogP contribution in [0.15, 0.2) is 46.8 Å². The predicted octanol–water partition coefficient (Wildman–Crippen LogP) is 4.37. The highest BCUT2D eigenvalue weighted by Gasteiger charge is 2.24. The van der Waals surface area contributed by atoms with Gasteiger partial charge in [0.2, 0.25) is 0 Å². The number of carboxylic acid groups (broad SMARTS) is 1. The summed E-state index contributed by atoms with van der Waals surface area (Å²) in [6.45, 7) is 3.93. The minimum atomic E-state index is -0.843. The van der Waals surface area contributed by atoms with Crippen LogP contribution in [0.4, 0.5) is 5.69 Å². The van der Waals surface area contributed by atoms with Crippen LogP contribution < -0.4 is 5.32 Å². The first-order valence-electron chi connectivity index (χ1n) is 11.0. The molecule has 1 unspecified atom stereocenters. The van der Waals surface area contributed by atoms with E-state index < -0.39 is 11.2 Å². The van der Waals surface area contributed by atoms with E-state index in [1.54, 1.807) is 41.3 Å². The first kappa shape index (κ1) is 24.2. The van der Waals surface area contributed by atoms with Crippen LogP contribution in [0.25, 0.3) is 10.2 Å². The Kier molecular flexibility index (Phi) is 7.81. The van der Waals surface area contributed by atoms with Gasteiger partial charge >= 0.3 is 5.97 Å². The number of nitrogens with one attached hydrogen (secondary N) is 1. The number of thioether (sulfide) groups is 1. The van der Waals surface area contributed by atoms with Crippen LogP contribution in [0.5, 0.6) is 0 Å². The summed E-state index contributed by atoms with van der Waals surface area (Å²) in [5.41, 5.74) is 1.99. The van der Waals surface area contributed by atoms with E-state index in [1.165, 1.54) is 23.1 Å². The molecule has 4 rings (SSSR count). The fourth-order valence-electron chi connectivity index (χ4n) is 3.65. The molecule has 0 bridgehead atoms. The lowest BCUT2D eigenvalue weighted by Crippen LogP contribution is -2.41. The molecule has 1 aliphatic rings. The third-order valence-corrected chi connectivity index (χ3v) is 7.76. The number of rotatable bonds is 8. The second-order valence-corrected chi connectivity index (χ2v) is 10.3. The summed E-state index contributed by atoms with van der Waals surface area (Å²) < 4.78 is 6.84. The molecule has 0 radical (unpaired) electrons. The van der Waals surface area contributed by atoms with E-state index in [9.17, 15) is 19.5 Å². The maximum absolute atomic E-state index is 13.1. The van der Waals surface area contributed by atoms with Gasteiger partial charge in [-0.05, 0) is 36.8 Å². The number of carbonyl (C=O) groups excluding carboxylic acids is 2.